The van der Waals surface area contributed by atoms with Crippen LogP contribution in [0, 0.1) is 5.92 Å². The third-order valence-electron chi connectivity index (χ3n) is 4.75. The Kier molecular flexibility index (Phi) is 5.36. The van der Waals surface area contributed by atoms with Crippen molar-refractivity contribution in [1.82, 2.24) is 9.97 Å². The first kappa shape index (κ1) is 19.2. The first-order chi connectivity index (χ1) is 14.0. The standard InChI is InChI=1S/C22H21ClN4O2/c1-13-9-18-20(19(28)10-13)21(24-15-6-3-5-14(23)11-15)27-22(26-18)25-16-7-4-8-17(12-16)29-2/h3-8,11-13H,9-10H2,1-2H3,(H2,24,25,26,27). The molecule has 0 radical (unpaired) electrons. The van der Waals surface area contributed by atoms with Gasteiger partial charge in [-0.05, 0) is 42.7 Å². The Bertz CT molecular complexity index is 1070. The van der Waals surface area contributed by atoms with Gasteiger partial charge in [0.2, 0.25) is 5.95 Å². The number of benzene rings is 2. The first-order valence-corrected chi connectivity index (χ1v) is 9.77. The van der Waals surface area contributed by atoms with E-state index in [1.165, 1.54) is 0 Å². The van der Waals surface area contributed by atoms with Crippen LogP contribution in [-0.2, 0) is 6.42 Å². The largest absolute Gasteiger partial charge is 0.497 e. The van der Waals surface area contributed by atoms with Crippen molar-refractivity contribution in [3.8, 4) is 5.75 Å². The van der Waals surface area contributed by atoms with E-state index in [0.717, 1.165) is 29.2 Å². The molecule has 0 amide bonds. The summed E-state index contributed by atoms with van der Waals surface area (Å²) in [6.07, 6.45) is 1.21. The highest BCUT2D eigenvalue weighted by atomic mass is 35.5. The zero-order valence-electron chi connectivity index (χ0n) is 16.2. The smallest absolute Gasteiger partial charge is 0.229 e. The van der Waals surface area contributed by atoms with Crippen LogP contribution >= 0.6 is 11.6 Å². The molecule has 0 saturated heterocycles. The summed E-state index contributed by atoms with van der Waals surface area (Å²) in [7, 11) is 1.62. The Labute approximate surface area is 174 Å². The molecule has 7 heteroatoms. The topological polar surface area (TPSA) is 76.1 Å². The molecule has 148 valence electrons. The second-order valence-corrected chi connectivity index (χ2v) is 7.58. The zero-order chi connectivity index (χ0) is 20.4. The summed E-state index contributed by atoms with van der Waals surface area (Å²) in [6, 6.07) is 14.8. The molecule has 0 aliphatic heterocycles. The van der Waals surface area contributed by atoms with E-state index in [-0.39, 0.29) is 11.7 Å². The van der Waals surface area contributed by atoms with Crippen LogP contribution in [0.5, 0.6) is 5.75 Å². The Hall–Kier alpha value is -3.12. The Morgan fingerprint density at radius 3 is 2.55 bits per heavy atom. The maximum absolute atomic E-state index is 12.7. The summed E-state index contributed by atoms with van der Waals surface area (Å²) < 4.78 is 5.27. The molecule has 29 heavy (non-hydrogen) atoms. The molecule has 4 rings (SSSR count). The number of hydrogen-bond acceptors (Lipinski definition) is 6. The van der Waals surface area contributed by atoms with Gasteiger partial charge in [0.05, 0.1) is 18.4 Å². The summed E-state index contributed by atoms with van der Waals surface area (Å²) >= 11 is 6.11. The molecular weight excluding hydrogens is 388 g/mol. The van der Waals surface area contributed by atoms with Gasteiger partial charge in [-0.1, -0.05) is 30.7 Å². The van der Waals surface area contributed by atoms with Gasteiger partial charge in [-0.25, -0.2) is 4.98 Å². The lowest BCUT2D eigenvalue weighted by molar-refractivity contribution is 0.0953. The van der Waals surface area contributed by atoms with Crippen LogP contribution in [0.2, 0.25) is 5.02 Å². The highest BCUT2D eigenvalue weighted by Gasteiger charge is 2.28. The number of hydrogen-bond donors (Lipinski definition) is 2. The fraction of sp³-hybridized carbons (Fsp3) is 0.227. The molecule has 3 aromatic rings. The number of carbonyl (C=O) groups excluding carboxylic acids is 1. The lowest BCUT2D eigenvalue weighted by atomic mass is 9.87. The van der Waals surface area contributed by atoms with E-state index in [0.29, 0.717) is 28.8 Å². The van der Waals surface area contributed by atoms with Crippen molar-refractivity contribution in [3.63, 3.8) is 0 Å². The van der Waals surface area contributed by atoms with Crippen LogP contribution in [0.3, 0.4) is 0 Å². The van der Waals surface area contributed by atoms with E-state index < -0.39 is 0 Å². The minimum Gasteiger partial charge on any atom is -0.497 e. The third-order valence-corrected chi connectivity index (χ3v) is 4.99. The van der Waals surface area contributed by atoms with Crippen molar-refractivity contribution >= 4 is 40.5 Å². The molecule has 2 N–H and O–H groups in total. The number of Topliss-reactive ketones (excluding diaryl/α,β-unsaturated/α-hetero) is 1. The number of halogens is 1. The maximum atomic E-state index is 12.7. The van der Waals surface area contributed by atoms with E-state index in [4.69, 9.17) is 16.3 Å². The normalized spacial score (nSPS) is 15.6. The number of ether oxygens (including phenoxy) is 1. The van der Waals surface area contributed by atoms with Gasteiger partial charge in [0.1, 0.15) is 11.6 Å². The molecule has 1 aromatic heterocycles. The van der Waals surface area contributed by atoms with E-state index in [2.05, 4.69) is 27.5 Å². The predicted molar refractivity (Wildman–Crippen MR) is 115 cm³/mol. The number of carbonyl (C=O) groups is 1. The van der Waals surface area contributed by atoms with E-state index in [1.807, 2.05) is 36.4 Å². The van der Waals surface area contributed by atoms with Crippen LogP contribution in [0.4, 0.5) is 23.1 Å². The van der Waals surface area contributed by atoms with Crippen molar-refractivity contribution in [3.05, 3.63) is 64.8 Å². The lowest BCUT2D eigenvalue weighted by Gasteiger charge is -2.23. The van der Waals surface area contributed by atoms with Crippen molar-refractivity contribution in [2.45, 2.75) is 19.8 Å². The van der Waals surface area contributed by atoms with Gasteiger partial charge in [-0.2, -0.15) is 4.98 Å². The van der Waals surface area contributed by atoms with Gasteiger partial charge in [-0.3, -0.25) is 4.79 Å². The molecule has 1 aliphatic carbocycles. The predicted octanol–water partition coefficient (Wildman–Crippen LogP) is 5.39. The second kappa shape index (κ2) is 8.09. The SMILES string of the molecule is COc1cccc(Nc2nc3c(c(Nc4cccc(Cl)c4)n2)C(=O)CC(C)C3)c1. The van der Waals surface area contributed by atoms with E-state index >= 15 is 0 Å². The number of nitrogens with zero attached hydrogens (tertiary/aromatic N) is 2. The zero-order valence-corrected chi connectivity index (χ0v) is 17.0. The summed E-state index contributed by atoms with van der Waals surface area (Å²) in [5.74, 6) is 1.93. The average Bonchev–Trinajstić information content (AvgIpc) is 2.67. The van der Waals surface area contributed by atoms with Crippen molar-refractivity contribution in [2.75, 3.05) is 17.7 Å². The Balaban J connectivity index is 1.74. The molecule has 1 unspecified atom stereocenters. The monoisotopic (exact) mass is 408 g/mol. The number of rotatable bonds is 5. The Morgan fingerprint density at radius 1 is 1.03 bits per heavy atom. The van der Waals surface area contributed by atoms with Crippen LogP contribution in [-0.4, -0.2) is 22.9 Å². The highest BCUT2D eigenvalue weighted by Crippen LogP contribution is 2.32. The van der Waals surface area contributed by atoms with Gasteiger partial charge in [-0.15, -0.1) is 0 Å². The van der Waals surface area contributed by atoms with Crippen molar-refractivity contribution in [1.29, 1.82) is 0 Å². The molecule has 1 aliphatic rings. The molecule has 0 saturated carbocycles. The summed E-state index contributed by atoms with van der Waals surface area (Å²) in [6.45, 7) is 2.06. The molecular formula is C22H21ClN4O2. The van der Waals surface area contributed by atoms with E-state index in [1.54, 1.807) is 19.2 Å². The molecule has 0 bridgehead atoms. The van der Waals surface area contributed by atoms with Crippen LogP contribution in [0.25, 0.3) is 0 Å². The molecule has 1 heterocycles. The van der Waals surface area contributed by atoms with Crippen molar-refractivity contribution in [2.24, 2.45) is 5.92 Å². The number of aromatic nitrogens is 2. The molecule has 2 aromatic carbocycles. The number of fused-ring (bicyclic) bond motifs is 1. The van der Waals surface area contributed by atoms with Gasteiger partial charge < -0.3 is 15.4 Å². The maximum Gasteiger partial charge on any atom is 0.229 e. The number of nitrogens with one attached hydrogen (secondary N) is 2. The minimum atomic E-state index is 0.0520. The van der Waals surface area contributed by atoms with Crippen LogP contribution < -0.4 is 15.4 Å². The summed E-state index contributed by atoms with van der Waals surface area (Å²) in [4.78, 5) is 22.0. The van der Waals surface area contributed by atoms with Crippen LogP contribution in [0.1, 0.15) is 29.4 Å². The van der Waals surface area contributed by atoms with Gasteiger partial charge in [0.25, 0.3) is 0 Å². The number of anilines is 4. The van der Waals surface area contributed by atoms with Gasteiger partial charge in [0.15, 0.2) is 5.78 Å². The fourth-order valence-electron chi connectivity index (χ4n) is 3.45. The average molecular weight is 409 g/mol. The lowest BCUT2D eigenvalue weighted by Crippen LogP contribution is -2.22. The second-order valence-electron chi connectivity index (χ2n) is 7.15. The quantitative estimate of drug-likeness (QED) is 0.589. The Morgan fingerprint density at radius 2 is 1.79 bits per heavy atom. The number of ketones is 1. The fourth-order valence-corrected chi connectivity index (χ4v) is 3.64. The highest BCUT2D eigenvalue weighted by molar-refractivity contribution is 6.30. The molecule has 0 spiro atoms. The van der Waals surface area contributed by atoms with Gasteiger partial charge in [0, 0.05) is 28.9 Å². The van der Waals surface area contributed by atoms with Crippen LogP contribution in [0.15, 0.2) is 48.5 Å². The van der Waals surface area contributed by atoms with E-state index in [9.17, 15) is 4.79 Å². The summed E-state index contributed by atoms with van der Waals surface area (Å²) in [5.41, 5.74) is 2.86. The van der Waals surface area contributed by atoms with Gasteiger partial charge >= 0.3 is 0 Å². The molecule has 1 atom stereocenters. The summed E-state index contributed by atoms with van der Waals surface area (Å²) in [5, 5.41) is 7.07. The third kappa shape index (κ3) is 4.32. The van der Waals surface area contributed by atoms with Crippen molar-refractivity contribution < 1.29 is 9.53 Å². The molecule has 0 fully saturated rings. The number of methoxy groups -OCH3 is 1. The first-order valence-electron chi connectivity index (χ1n) is 9.39. The minimum absolute atomic E-state index is 0.0520. The molecule has 6 nitrogen and oxygen atoms in total.